The molecule has 0 saturated heterocycles. The molecule has 3 rings (SSSR count). The van der Waals surface area contributed by atoms with Crippen LogP contribution in [0.5, 0.6) is 5.75 Å². The molecule has 1 aliphatic rings. The molecule has 0 aliphatic carbocycles. The van der Waals surface area contributed by atoms with Crippen LogP contribution < -0.4 is 15.0 Å². The Balaban J connectivity index is 1.87. The number of ether oxygens (including phenoxy) is 1. The maximum atomic E-state index is 12.8. The molecule has 9 heteroatoms. The number of nitro groups is 1. The lowest BCUT2D eigenvalue weighted by Gasteiger charge is -2.27. The van der Waals surface area contributed by atoms with Crippen LogP contribution in [0.3, 0.4) is 0 Å². The van der Waals surface area contributed by atoms with Crippen molar-refractivity contribution in [3.8, 4) is 5.75 Å². The number of carbonyl (C=O) groups excluding carboxylic acids is 2. The average Bonchev–Trinajstić information content (AvgIpc) is 3.12. The lowest BCUT2D eigenvalue weighted by Crippen LogP contribution is -2.42. The fourth-order valence-electron chi connectivity index (χ4n) is 2.78. The number of rotatable bonds is 5. The number of nitrogens with zero attached hydrogens (tertiary/aromatic N) is 2. The molecule has 2 heterocycles. The molecule has 0 radical (unpaired) electrons. The Bertz CT molecular complexity index is 962. The predicted molar refractivity (Wildman–Crippen MR) is 102 cm³/mol. The number of hydrogen-bond donors (Lipinski definition) is 1. The molecule has 28 heavy (non-hydrogen) atoms. The third-order valence-electron chi connectivity index (χ3n) is 4.23. The summed E-state index contributed by atoms with van der Waals surface area (Å²) in [5, 5.41) is 13.3. The van der Waals surface area contributed by atoms with Crippen molar-refractivity contribution in [2.75, 3.05) is 23.4 Å². The first-order chi connectivity index (χ1) is 13.2. The molecule has 1 aromatic carbocycles. The number of furan rings is 1. The maximum Gasteiger partial charge on any atom is 0.433 e. The van der Waals surface area contributed by atoms with Gasteiger partial charge in [0.05, 0.1) is 17.2 Å². The van der Waals surface area contributed by atoms with E-state index in [2.05, 4.69) is 11.9 Å². The zero-order chi connectivity index (χ0) is 20.5. The van der Waals surface area contributed by atoms with Gasteiger partial charge in [0.15, 0.2) is 5.76 Å². The minimum atomic E-state index is -0.724. The lowest BCUT2D eigenvalue weighted by molar-refractivity contribution is -0.402. The smallest absolute Gasteiger partial charge is 0.433 e. The molecule has 146 valence electrons. The normalized spacial score (nSPS) is 15.2. The summed E-state index contributed by atoms with van der Waals surface area (Å²) in [7, 11) is 0. The number of benzene rings is 1. The fraction of sp³-hybridized carbons (Fsp3) is 0.263. The van der Waals surface area contributed by atoms with Crippen LogP contribution in [0.4, 0.5) is 17.3 Å². The summed E-state index contributed by atoms with van der Waals surface area (Å²) in [6, 6.07) is 7.20. The Morgan fingerprint density at radius 2 is 2.14 bits per heavy atom. The van der Waals surface area contributed by atoms with Crippen molar-refractivity contribution >= 4 is 29.1 Å². The molecular weight excluding hydrogens is 366 g/mol. The van der Waals surface area contributed by atoms with Crippen LogP contribution >= 0.6 is 0 Å². The van der Waals surface area contributed by atoms with Crippen LogP contribution in [0.1, 0.15) is 24.4 Å². The van der Waals surface area contributed by atoms with Crippen molar-refractivity contribution in [2.45, 2.75) is 13.8 Å². The van der Waals surface area contributed by atoms with Gasteiger partial charge in [0.1, 0.15) is 17.3 Å². The summed E-state index contributed by atoms with van der Waals surface area (Å²) in [5.41, 5.74) is 0.245. The first kappa shape index (κ1) is 19.2. The highest BCUT2D eigenvalue weighted by atomic mass is 16.6. The summed E-state index contributed by atoms with van der Waals surface area (Å²) in [6.07, 6.45) is 1.63. The highest BCUT2D eigenvalue weighted by molar-refractivity contribution is 6.03. The minimum absolute atomic E-state index is 0.0918. The topological polar surface area (TPSA) is 115 Å². The standard InChI is InChI=1S/C19H19N3O6/c1-4-9-21-13-6-5-12(10-15(13)27-11-19(2,3)18(21)24)20-17(23)14-7-8-16(28-14)22(25)26/h4-8,10H,1,9,11H2,2-3H3,(H,20,23). The van der Waals surface area contributed by atoms with E-state index < -0.39 is 22.1 Å². The second-order valence-electron chi connectivity index (χ2n) is 6.91. The van der Waals surface area contributed by atoms with Gasteiger partial charge in [-0.05, 0) is 32.0 Å². The summed E-state index contributed by atoms with van der Waals surface area (Å²) >= 11 is 0. The maximum absolute atomic E-state index is 12.8. The second kappa shape index (κ2) is 7.18. The Morgan fingerprint density at radius 3 is 2.79 bits per heavy atom. The zero-order valence-electron chi connectivity index (χ0n) is 15.4. The number of nitrogens with one attached hydrogen (secondary N) is 1. The SMILES string of the molecule is C=CCN1C(=O)C(C)(C)COc2cc(NC(=O)c3ccc([N+](=O)[O-])o3)ccc21. The zero-order valence-corrected chi connectivity index (χ0v) is 15.4. The van der Waals surface area contributed by atoms with Crippen molar-refractivity contribution in [3.05, 3.63) is 58.9 Å². The molecular formula is C19H19N3O6. The van der Waals surface area contributed by atoms with Gasteiger partial charge in [0.2, 0.25) is 5.91 Å². The van der Waals surface area contributed by atoms with Crippen LogP contribution in [0.2, 0.25) is 0 Å². The van der Waals surface area contributed by atoms with Crippen LogP contribution in [0, 0.1) is 15.5 Å². The number of amides is 2. The van der Waals surface area contributed by atoms with Crippen molar-refractivity contribution in [1.82, 2.24) is 0 Å². The molecule has 1 aliphatic heterocycles. The molecule has 1 N–H and O–H groups in total. The van der Waals surface area contributed by atoms with E-state index in [1.54, 1.807) is 43.0 Å². The quantitative estimate of drug-likeness (QED) is 0.479. The Labute approximate surface area is 160 Å². The summed E-state index contributed by atoms with van der Waals surface area (Å²) in [5.74, 6) is -1.00. The van der Waals surface area contributed by atoms with Crippen LogP contribution in [-0.2, 0) is 4.79 Å². The van der Waals surface area contributed by atoms with Crippen molar-refractivity contribution < 1.29 is 23.7 Å². The molecule has 1 aromatic heterocycles. The Kier molecular flexibility index (Phi) is 4.91. The average molecular weight is 385 g/mol. The lowest BCUT2D eigenvalue weighted by atomic mass is 9.93. The van der Waals surface area contributed by atoms with Crippen molar-refractivity contribution in [2.24, 2.45) is 5.41 Å². The number of hydrogen-bond acceptors (Lipinski definition) is 6. The predicted octanol–water partition coefficient (Wildman–Crippen LogP) is 3.38. The van der Waals surface area contributed by atoms with E-state index in [0.29, 0.717) is 23.7 Å². The summed E-state index contributed by atoms with van der Waals surface area (Å²) < 4.78 is 10.7. The van der Waals surface area contributed by atoms with Gasteiger partial charge >= 0.3 is 5.88 Å². The first-order valence-electron chi connectivity index (χ1n) is 8.48. The third kappa shape index (κ3) is 3.59. The van der Waals surface area contributed by atoms with Gasteiger partial charge < -0.3 is 19.4 Å². The van der Waals surface area contributed by atoms with E-state index in [9.17, 15) is 19.7 Å². The minimum Gasteiger partial charge on any atom is -0.490 e. The van der Waals surface area contributed by atoms with Crippen LogP contribution in [0.15, 0.2) is 47.4 Å². The van der Waals surface area contributed by atoms with Crippen molar-refractivity contribution in [1.29, 1.82) is 0 Å². The van der Waals surface area contributed by atoms with Crippen LogP contribution in [-0.4, -0.2) is 29.9 Å². The summed E-state index contributed by atoms with van der Waals surface area (Å²) in [6.45, 7) is 7.78. The molecule has 0 atom stereocenters. The van der Waals surface area contributed by atoms with Crippen LogP contribution in [0.25, 0.3) is 0 Å². The monoisotopic (exact) mass is 385 g/mol. The number of carbonyl (C=O) groups is 2. The highest BCUT2D eigenvalue weighted by Gasteiger charge is 2.37. The molecule has 0 fully saturated rings. The second-order valence-corrected chi connectivity index (χ2v) is 6.91. The Hall–Kier alpha value is -3.62. The third-order valence-corrected chi connectivity index (χ3v) is 4.23. The summed E-state index contributed by atoms with van der Waals surface area (Å²) in [4.78, 5) is 36.6. The molecule has 0 unspecified atom stereocenters. The largest absolute Gasteiger partial charge is 0.490 e. The molecule has 0 bridgehead atoms. The molecule has 0 spiro atoms. The molecule has 2 aromatic rings. The highest BCUT2D eigenvalue weighted by Crippen LogP contribution is 2.38. The van der Waals surface area contributed by atoms with E-state index in [1.165, 1.54) is 6.07 Å². The van der Waals surface area contributed by atoms with Gasteiger partial charge in [-0.3, -0.25) is 19.7 Å². The van der Waals surface area contributed by atoms with E-state index in [1.807, 2.05) is 0 Å². The number of fused-ring (bicyclic) bond motifs is 1. The van der Waals surface area contributed by atoms with Gasteiger partial charge in [-0.15, -0.1) is 6.58 Å². The van der Waals surface area contributed by atoms with E-state index in [0.717, 1.165) is 6.07 Å². The van der Waals surface area contributed by atoms with E-state index in [4.69, 9.17) is 9.15 Å². The van der Waals surface area contributed by atoms with E-state index in [-0.39, 0.29) is 18.3 Å². The number of anilines is 2. The fourth-order valence-corrected chi connectivity index (χ4v) is 2.78. The van der Waals surface area contributed by atoms with Gasteiger partial charge in [0, 0.05) is 18.3 Å². The molecule has 0 saturated carbocycles. The van der Waals surface area contributed by atoms with Gasteiger partial charge in [-0.1, -0.05) is 6.08 Å². The van der Waals surface area contributed by atoms with Gasteiger partial charge in [-0.25, -0.2) is 0 Å². The molecule has 9 nitrogen and oxygen atoms in total. The van der Waals surface area contributed by atoms with E-state index >= 15 is 0 Å². The Morgan fingerprint density at radius 1 is 1.39 bits per heavy atom. The van der Waals surface area contributed by atoms with Gasteiger partial charge in [0.25, 0.3) is 5.91 Å². The van der Waals surface area contributed by atoms with Crippen molar-refractivity contribution in [3.63, 3.8) is 0 Å². The molecule has 2 amide bonds. The van der Waals surface area contributed by atoms with Gasteiger partial charge in [-0.2, -0.15) is 0 Å². The first-order valence-corrected chi connectivity index (χ1v) is 8.48.